The molecule has 0 heterocycles. The Bertz CT molecular complexity index is 635. The van der Waals surface area contributed by atoms with Crippen LogP contribution in [0.15, 0.2) is 59.5 Å². The maximum absolute atomic E-state index is 12.1. The Kier molecular flexibility index (Phi) is 5.86. The van der Waals surface area contributed by atoms with Crippen molar-refractivity contribution in [1.82, 2.24) is 5.32 Å². The summed E-state index contributed by atoms with van der Waals surface area (Å²) < 4.78 is 0. The van der Waals surface area contributed by atoms with Crippen molar-refractivity contribution in [3.05, 3.63) is 65.7 Å². The highest BCUT2D eigenvalue weighted by Gasteiger charge is 2.09. The second-order valence-corrected chi connectivity index (χ2v) is 5.58. The zero-order valence-electron chi connectivity index (χ0n) is 11.6. The number of nitrogens with zero attached hydrogens (tertiary/aromatic N) is 1. The third kappa shape index (κ3) is 4.66. The summed E-state index contributed by atoms with van der Waals surface area (Å²) in [7, 11) is 0. The molecule has 0 spiro atoms. The maximum Gasteiger partial charge on any atom is 0.251 e. The lowest BCUT2D eigenvalue weighted by molar-refractivity contribution is 0.0955. The molecule has 1 amide bonds. The summed E-state index contributed by atoms with van der Waals surface area (Å²) in [6.07, 6.45) is 0.252. The summed E-state index contributed by atoms with van der Waals surface area (Å²) in [4.78, 5) is 13.3. The number of nitrogens with one attached hydrogen (secondary N) is 1. The van der Waals surface area contributed by atoms with Gasteiger partial charge in [0.15, 0.2) is 0 Å². The summed E-state index contributed by atoms with van der Waals surface area (Å²) in [5.41, 5.74) is 1.36. The quantitative estimate of drug-likeness (QED) is 0.657. The van der Waals surface area contributed by atoms with Gasteiger partial charge in [-0.3, -0.25) is 4.79 Å². The van der Waals surface area contributed by atoms with Crippen LogP contribution in [0.25, 0.3) is 0 Å². The van der Waals surface area contributed by atoms with Crippen LogP contribution in [-0.2, 0) is 6.42 Å². The fourth-order valence-corrected chi connectivity index (χ4v) is 2.72. The number of hydrogen-bond donors (Lipinski definition) is 1. The van der Waals surface area contributed by atoms with E-state index in [1.165, 1.54) is 4.90 Å². The molecule has 3 nitrogen and oxygen atoms in total. The van der Waals surface area contributed by atoms with Gasteiger partial charge in [-0.1, -0.05) is 36.4 Å². The topological polar surface area (TPSA) is 52.9 Å². The van der Waals surface area contributed by atoms with Crippen LogP contribution in [0.3, 0.4) is 0 Å². The Labute approximate surface area is 129 Å². The molecule has 2 rings (SSSR count). The van der Waals surface area contributed by atoms with Gasteiger partial charge < -0.3 is 5.32 Å². The first-order valence-corrected chi connectivity index (χ1v) is 7.70. The molecule has 0 saturated heterocycles. The van der Waals surface area contributed by atoms with Crippen LogP contribution in [0.1, 0.15) is 15.9 Å². The molecule has 2 aromatic rings. The zero-order valence-corrected chi connectivity index (χ0v) is 12.4. The van der Waals surface area contributed by atoms with E-state index in [-0.39, 0.29) is 12.3 Å². The van der Waals surface area contributed by atoms with Crippen molar-refractivity contribution in [2.24, 2.45) is 0 Å². The largest absolute Gasteiger partial charge is 0.351 e. The average Bonchev–Trinajstić information content (AvgIpc) is 2.53. The molecule has 0 aliphatic heterocycles. The van der Waals surface area contributed by atoms with Crippen LogP contribution in [-0.4, -0.2) is 18.2 Å². The smallest absolute Gasteiger partial charge is 0.251 e. The molecule has 0 aliphatic carbocycles. The first kappa shape index (κ1) is 15.1. The van der Waals surface area contributed by atoms with Crippen molar-refractivity contribution >= 4 is 17.7 Å². The minimum absolute atomic E-state index is 0.116. The summed E-state index contributed by atoms with van der Waals surface area (Å²) in [5.74, 6) is 0.699. The molecule has 106 valence electrons. The Morgan fingerprint density at radius 2 is 1.81 bits per heavy atom. The van der Waals surface area contributed by atoms with Crippen LogP contribution >= 0.6 is 11.8 Å². The average molecular weight is 296 g/mol. The van der Waals surface area contributed by atoms with Crippen molar-refractivity contribution < 1.29 is 4.79 Å². The Morgan fingerprint density at radius 1 is 1.10 bits per heavy atom. The van der Waals surface area contributed by atoms with Gasteiger partial charge in [-0.15, -0.1) is 11.8 Å². The summed E-state index contributed by atoms with van der Waals surface area (Å²) in [5, 5.41) is 11.7. The maximum atomic E-state index is 12.1. The van der Waals surface area contributed by atoms with Gasteiger partial charge in [-0.25, -0.2) is 0 Å². The highest BCUT2D eigenvalue weighted by Crippen LogP contribution is 2.16. The van der Waals surface area contributed by atoms with Gasteiger partial charge in [-0.05, 0) is 23.8 Å². The van der Waals surface area contributed by atoms with E-state index in [9.17, 15) is 4.79 Å². The Balaban J connectivity index is 1.84. The van der Waals surface area contributed by atoms with Gasteiger partial charge in [0.1, 0.15) is 0 Å². The first-order valence-electron chi connectivity index (χ1n) is 6.72. The molecular weight excluding hydrogens is 280 g/mol. The van der Waals surface area contributed by atoms with Gasteiger partial charge in [0.2, 0.25) is 0 Å². The number of rotatable bonds is 6. The van der Waals surface area contributed by atoms with Gasteiger partial charge in [-0.2, -0.15) is 5.26 Å². The highest BCUT2D eigenvalue weighted by atomic mass is 32.2. The Hall–Kier alpha value is -2.25. The van der Waals surface area contributed by atoms with E-state index in [4.69, 9.17) is 5.26 Å². The van der Waals surface area contributed by atoms with Gasteiger partial charge in [0.25, 0.3) is 5.91 Å². The summed E-state index contributed by atoms with van der Waals surface area (Å²) >= 11 is 1.70. The molecule has 2 aromatic carbocycles. The molecule has 0 aliphatic rings. The Morgan fingerprint density at radius 3 is 2.57 bits per heavy atom. The van der Waals surface area contributed by atoms with Crippen LogP contribution in [0.4, 0.5) is 0 Å². The number of thioether (sulfide) groups is 1. The monoisotopic (exact) mass is 296 g/mol. The predicted molar refractivity (Wildman–Crippen MR) is 85.3 cm³/mol. The molecule has 0 unspecified atom stereocenters. The minimum Gasteiger partial charge on any atom is -0.351 e. The second-order valence-electron chi connectivity index (χ2n) is 4.41. The van der Waals surface area contributed by atoms with E-state index in [0.717, 1.165) is 11.3 Å². The van der Waals surface area contributed by atoms with E-state index >= 15 is 0 Å². The third-order valence-corrected chi connectivity index (χ3v) is 3.94. The highest BCUT2D eigenvalue weighted by molar-refractivity contribution is 7.99. The second kappa shape index (κ2) is 8.13. The van der Waals surface area contributed by atoms with Crippen molar-refractivity contribution in [3.63, 3.8) is 0 Å². The lowest BCUT2D eigenvalue weighted by Crippen LogP contribution is -2.26. The number of carbonyl (C=O) groups excluding carboxylic acids is 1. The number of hydrogen-bond acceptors (Lipinski definition) is 3. The fourth-order valence-electron chi connectivity index (χ4n) is 1.93. The molecule has 0 bridgehead atoms. The first-order chi connectivity index (χ1) is 10.3. The van der Waals surface area contributed by atoms with E-state index in [2.05, 4.69) is 23.5 Å². The zero-order chi connectivity index (χ0) is 14.9. The standard InChI is InChI=1S/C17H16N2OS/c18-11-10-14-6-4-5-9-16(14)17(20)19-12-13-21-15-7-2-1-3-8-15/h1-9H,10,12-13H2,(H,19,20). The third-order valence-electron chi connectivity index (χ3n) is 2.93. The molecular formula is C17H16N2OS. The van der Waals surface area contributed by atoms with E-state index in [0.29, 0.717) is 12.1 Å². The number of carbonyl (C=O) groups is 1. The predicted octanol–water partition coefficient (Wildman–Crippen LogP) is 3.27. The molecule has 1 N–H and O–H groups in total. The SMILES string of the molecule is N#CCc1ccccc1C(=O)NCCSc1ccccc1. The molecule has 0 radical (unpaired) electrons. The molecule has 21 heavy (non-hydrogen) atoms. The van der Waals surface area contributed by atoms with Gasteiger partial charge in [0.05, 0.1) is 12.5 Å². The van der Waals surface area contributed by atoms with Crippen molar-refractivity contribution in [3.8, 4) is 6.07 Å². The van der Waals surface area contributed by atoms with Crippen LogP contribution in [0.2, 0.25) is 0 Å². The minimum atomic E-state index is -0.116. The summed E-state index contributed by atoms with van der Waals surface area (Å²) in [6, 6.07) is 19.4. The molecule has 4 heteroatoms. The molecule has 0 fully saturated rings. The number of amides is 1. The number of benzene rings is 2. The van der Waals surface area contributed by atoms with Crippen LogP contribution < -0.4 is 5.32 Å². The molecule has 0 aromatic heterocycles. The lowest BCUT2D eigenvalue weighted by atomic mass is 10.0. The van der Waals surface area contributed by atoms with Crippen molar-refractivity contribution in [2.45, 2.75) is 11.3 Å². The van der Waals surface area contributed by atoms with Crippen molar-refractivity contribution in [1.29, 1.82) is 5.26 Å². The van der Waals surface area contributed by atoms with E-state index < -0.39 is 0 Å². The van der Waals surface area contributed by atoms with Gasteiger partial charge >= 0.3 is 0 Å². The van der Waals surface area contributed by atoms with Gasteiger partial charge in [0, 0.05) is 22.8 Å². The molecule has 0 atom stereocenters. The lowest BCUT2D eigenvalue weighted by Gasteiger charge is -2.08. The van der Waals surface area contributed by atoms with Crippen molar-refractivity contribution in [2.75, 3.05) is 12.3 Å². The van der Waals surface area contributed by atoms with E-state index in [1.54, 1.807) is 17.8 Å². The van der Waals surface area contributed by atoms with Crippen LogP contribution in [0.5, 0.6) is 0 Å². The normalized spacial score (nSPS) is 9.86. The summed E-state index contributed by atoms with van der Waals surface area (Å²) in [6.45, 7) is 0.597. The number of nitriles is 1. The fraction of sp³-hybridized carbons (Fsp3) is 0.176. The van der Waals surface area contributed by atoms with E-state index in [1.807, 2.05) is 36.4 Å². The molecule has 0 saturated carbocycles. The van der Waals surface area contributed by atoms with Crippen LogP contribution in [0, 0.1) is 11.3 Å².